The molecule has 0 aromatic carbocycles. The van der Waals surface area contributed by atoms with Crippen LogP contribution in [0.15, 0.2) is 0 Å². The van der Waals surface area contributed by atoms with Crippen molar-refractivity contribution in [1.29, 1.82) is 0 Å². The fraction of sp³-hybridized carbons (Fsp3) is 1.00. The van der Waals surface area contributed by atoms with Crippen LogP contribution in [0, 0.1) is 0 Å². The quantitative estimate of drug-likeness (QED) is 0.740. The molecule has 0 atom stereocenters. The molecule has 0 radical (unpaired) electrons. The van der Waals surface area contributed by atoms with Crippen LogP contribution in [0.3, 0.4) is 0 Å². The minimum Gasteiger partial charge on any atom is -0.212 e. The molecule has 1 saturated heterocycles. The average molecular weight is 284 g/mol. The van der Waals surface area contributed by atoms with E-state index in [1.807, 2.05) is 6.92 Å². The van der Waals surface area contributed by atoms with E-state index in [0.717, 1.165) is 25.7 Å². The van der Waals surface area contributed by atoms with Crippen molar-refractivity contribution in [3.63, 3.8) is 0 Å². The van der Waals surface area contributed by atoms with Crippen molar-refractivity contribution in [3.05, 3.63) is 0 Å². The molecule has 0 unspecified atom stereocenters. The van der Waals surface area contributed by atoms with E-state index in [1.165, 1.54) is 0 Å². The summed E-state index contributed by atoms with van der Waals surface area (Å²) in [6.07, 6.45) is 3.58. The second kappa shape index (κ2) is 5.47. The average Bonchev–Trinajstić information content (AvgIpc) is 2.16. The molecule has 1 aliphatic rings. The maximum Gasteiger partial charge on any atom is 0.214 e. The summed E-state index contributed by atoms with van der Waals surface area (Å²) in [5.74, 6) is 0.316. The van der Waals surface area contributed by atoms with Gasteiger partial charge in [-0.15, -0.1) is 0 Å². The predicted molar refractivity (Wildman–Crippen MR) is 62.2 cm³/mol. The number of alkyl halides is 1. The zero-order valence-electron chi connectivity index (χ0n) is 8.58. The maximum atomic E-state index is 11.8. The van der Waals surface area contributed by atoms with Crippen molar-refractivity contribution < 1.29 is 8.42 Å². The van der Waals surface area contributed by atoms with E-state index in [2.05, 4.69) is 15.9 Å². The summed E-state index contributed by atoms with van der Waals surface area (Å²) in [5.41, 5.74) is 0. The molecule has 0 amide bonds. The predicted octanol–water partition coefficient (Wildman–Crippen LogP) is 1.98. The van der Waals surface area contributed by atoms with Gasteiger partial charge in [-0.2, -0.15) is 0 Å². The number of hydrogen-bond acceptors (Lipinski definition) is 2. The Hall–Kier alpha value is 0.390. The minimum absolute atomic E-state index is 0.316. The van der Waals surface area contributed by atoms with Crippen molar-refractivity contribution in [2.45, 2.75) is 37.4 Å². The van der Waals surface area contributed by atoms with Crippen LogP contribution in [0.2, 0.25) is 0 Å². The molecular weight excluding hydrogens is 266 g/mol. The van der Waals surface area contributed by atoms with E-state index in [9.17, 15) is 8.42 Å². The number of hydrogen-bond donors (Lipinski definition) is 0. The molecule has 0 N–H and O–H groups in total. The molecule has 1 heterocycles. The van der Waals surface area contributed by atoms with E-state index >= 15 is 0 Å². The van der Waals surface area contributed by atoms with Crippen LogP contribution in [0.4, 0.5) is 0 Å². The molecule has 1 aliphatic heterocycles. The molecular formula is C9H18BrNO2S. The second-order valence-corrected chi connectivity index (χ2v) is 7.13. The normalized spacial score (nSPS) is 21.3. The minimum atomic E-state index is -2.96. The topological polar surface area (TPSA) is 37.4 Å². The molecule has 3 nitrogen and oxygen atoms in total. The maximum absolute atomic E-state index is 11.8. The van der Waals surface area contributed by atoms with Crippen LogP contribution in [0.5, 0.6) is 0 Å². The van der Waals surface area contributed by atoms with E-state index in [-0.39, 0.29) is 0 Å². The first-order chi connectivity index (χ1) is 6.56. The molecule has 0 aromatic heterocycles. The van der Waals surface area contributed by atoms with Crippen LogP contribution < -0.4 is 0 Å². The monoisotopic (exact) mass is 283 g/mol. The Morgan fingerprint density at radius 3 is 2.43 bits per heavy atom. The second-order valence-electron chi connectivity index (χ2n) is 3.74. The first-order valence-corrected chi connectivity index (χ1v) is 7.70. The molecule has 5 heteroatoms. The lowest BCUT2D eigenvalue weighted by Gasteiger charge is -2.28. The summed E-state index contributed by atoms with van der Waals surface area (Å²) >= 11 is 3.51. The van der Waals surface area contributed by atoms with Crippen molar-refractivity contribution in [1.82, 2.24) is 4.31 Å². The summed E-state index contributed by atoms with van der Waals surface area (Å²) in [6, 6.07) is 0. The summed E-state index contributed by atoms with van der Waals surface area (Å²) < 4.78 is 25.2. The Bertz CT molecular complexity index is 258. The van der Waals surface area contributed by atoms with Crippen molar-refractivity contribution in [3.8, 4) is 0 Å². The number of nitrogens with zero attached hydrogens (tertiary/aromatic N) is 1. The number of halogens is 1. The molecule has 0 aliphatic carbocycles. The van der Waals surface area contributed by atoms with Gasteiger partial charge in [-0.1, -0.05) is 29.3 Å². The standard InChI is InChI=1S/C9H18BrNO2S/c1-2-3-8-14(12,13)11-6-4-9(10)5-7-11/h9H,2-8H2,1H3. The molecule has 0 saturated carbocycles. The highest BCUT2D eigenvalue weighted by Crippen LogP contribution is 2.20. The first kappa shape index (κ1) is 12.5. The summed E-state index contributed by atoms with van der Waals surface area (Å²) in [6.45, 7) is 3.38. The number of rotatable bonds is 4. The van der Waals surface area contributed by atoms with Crippen LogP contribution >= 0.6 is 15.9 Å². The Labute approximate surface area is 95.0 Å². The highest BCUT2D eigenvalue weighted by atomic mass is 79.9. The van der Waals surface area contributed by atoms with Crippen LogP contribution in [0.25, 0.3) is 0 Å². The molecule has 0 aromatic rings. The summed E-state index contributed by atoms with van der Waals surface area (Å²) in [7, 11) is -2.96. The third-order valence-corrected chi connectivity index (χ3v) is 5.40. The van der Waals surface area contributed by atoms with Gasteiger partial charge in [0.1, 0.15) is 0 Å². The fourth-order valence-corrected chi connectivity index (χ4v) is 3.65. The summed E-state index contributed by atoms with van der Waals surface area (Å²) in [5, 5.41) is 0. The largest absolute Gasteiger partial charge is 0.214 e. The van der Waals surface area contributed by atoms with Gasteiger partial charge in [0.05, 0.1) is 5.75 Å². The van der Waals surface area contributed by atoms with Gasteiger partial charge in [0, 0.05) is 17.9 Å². The fourth-order valence-electron chi connectivity index (χ4n) is 1.56. The molecule has 0 bridgehead atoms. The van der Waals surface area contributed by atoms with Gasteiger partial charge in [-0.05, 0) is 19.3 Å². The third kappa shape index (κ3) is 3.51. The Morgan fingerprint density at radius 2 is 1.93 bits per heavy atom. The number of sulfonamides is 1. The number of piperidine rings is 1. The van der Waals surface area contributed by atoms with Crippen LogP contribution in [-0.2, 0) is 10.0 Å². The number of unbranched alkanes of at least 4 members (excludes halogenated alkanes) is 1. The molecule has 1 rings (SSSR count). The molecule has 84 valence electrons. The lowest BCUT2D eigenvalue weighted by atomic mass is 10.2. The first-order valence-electron chi connectivity index (χ1n) is 5.18. The van der Waals surface area contributed by atoms with Gasteiger partial charge in [-0.25, -0.2) is 12.7 Å². The summed E-state index contributed by atoms with van der Waals surface area (Å²) in [4.78, 5) is 0.500. The van der Waals surface area contributed by atoms with Crippen molar-refractivity contribution >= 4 is 26.0 Å². The van der Waals surface area contributed by atoms with Gasteiger partial charge in [-0.3, -0.25) is 0 Å². The Kier molecular flexibility index (Phi) is 4.87. The van der Waals surface area contributed by atoms with E-state index < -0.39 is 10.0 Å². The van der Waals surface area contributed by atoms with E-state index in [4.69, 9.17) is 0 Å². The Morgan fingerprint density at radius 1 is 1.36 bits per heavy atom. The van der Waals surface area contributed by atoms with E-state index in [0.29, 0.717) is 23.7 Å². The molecule has 0 spiro atoms. The highest BCUT2D eigenvalue weighted by molar-refractivity contribution is 9.09. The van der Waals surface area contributed by atoms with Crippen LogP contribution in [0.1, 0.15) is 32.6 Å². The Balaban J connectivity index is 2.47. The lowest BCUT2D eigenvalue weighted by Crippen LogP contribution is -2.39. The molecule has 14 heavy (non-hydrogen) atoms. The zero-order valence-corrected chi connectivity index (χ0v) is 11.0. The molecule has 1 fully saturated rings. The van der Waals surface area contributed by atoms with Gasteiger partial charge < -0.3 is 0 Å². The van der Waals surface area contributed by atoms with E-state index in [1.54, 1.807) is 4.31 Å². The zero-order chi connectivity index (χ0) is 10.6. The SMILES string of the molecule is CCCCS(=O)(=O)N1CCC(Br)CC1. The van der Waals surface area contributed by atoms with Gasteiger partial charge >= 0.3 is 0 Å². The smallest absolute Gasteiger partial charge is 0.212 e. The van der Waals surface area contributed by atoms with Gasteiger partial charge in [0.2, 0.25) is 10.0 Å². The van der Waals surface area contributed by atoms with Crippen molar-refractivity contribution in [2.24, 2.45) is 0 Å². The highest BCUT2D eigenvalue weighted by Gasteiger charge is 2.26. The van der Waals surface area contributed by atoms with Gasteiger partial charge in [0.25, 0.3) is 0 Å². The third-order valence-electron chi connectivity index (χ3n) is 2.53. The van der Waals surface area contributed by atoms with Crippen LogP contribution in [-0.4, -0.2) is 36.4 Å². The van der Waals surface area contributed by atoms with Crippen molar-refractivity contribution in [2.75, 3.05) is 18.8 Å². The lowest BCUT2D eigenvalue weighted by molar-refractivity contribution is 0.354. The van der Waals surface area contributed by atoms with Gasteiger partial charge in [0.15, 0.2) is 0 Å².